The molecule has 0 radical (unpaired) electrons. The van der Waals surface area contributed by atoms with E-state index in [1.54, 1.807) is 7.11 Å². The molecule has 6 nitrogen and oxygen atoms in total. The van der Waals surface area contributed by atoms with E-state index in [1.165, 1.54) is 19.3 Å². The monoisotopic (exact) mass is 428 g/mol. The highest BCUT2D eigenvalue weighted by Gasteiger charge is 2.21. The van der Waals surface area contributed by atoms with Crippen molar-refractivity contribution in [3.63, 3.8) is 0 Å². The number of H-pyrrole nitrogens is 1. The van der Waals surface area contributed by atoms with Gasteiger partial charge in [-0.25, -0.2) is 9.78 Å². The van der Waals surface area contributed by atoms with Crippen molar-refractivity contribution in [2.75, 3.05) is 7.11 Å². The summed E-state index contributed by atoms with van der Waals surface area (Å²) in [5.74, 6) is 1.58. The smallest absolute Gasteiger partial charge is 0.315 e. The zero-order valence-corrected chi connectivity index (χ0v) is 18.0. The third kappa shape index (κ3) is 5.45. The van der Waals surface area contributed by atoms with Crippen LogP contribution in [0.4, 0.5) is 4.79 Å². The zero-order valence-electron chi connectivity index (χ0n) is 17.2. The van der Waals surface area contributed by atoms with Gasteiger partial charge in [0.2, 0.25) is 0 Å². The molecule has 1 fully saturated rings. The number of halogens is 1. The van der Waals surface area contributed by atoms with Crippen LogP contribution < -0.4 is 15.4 Å². The number of aromatic amines is 1. The number of amides is 2. The zero-order chi connectivity index (χ0) is 20.1. The summed E-state index contributed by atoms with van der Waals surface area (Å²) < 4.78 is 5.25. The molecule has 2 aromatic carbocycles. The fraction of sp³-hybridized carbons (Fsp3) is 0.391. The summed E-state index contributed by atoms with van der Waals surface area (Å²) in [6.07, 6.45) is 6.39. The van der Waals surface area contributed by atoms with Crippen molar-refractivity contribution in [3.05, 3.63) is 59.9 Å². The molecule has 7 heteroatoms. The Morgan fingerprint density at radius 3 is 2.57 bits per heavy atom. The molecule has 1 aliphatic carbocycles. The molecule has 160 valence electrons. The van der Waals surface area contributed by atoms with Gasteiger partial charge < -0.3 is 20.4 Å². The van der Waals surface area contributed by atoms with Gasteiger partial charge in [0.1, 0.15) is 11.6 Å². The van der Waals surface area contributed by atoms with Gasteiger partial charge in [0, 0.05) is 6.04 Å². The van der Waals surface area contributed by atoms with Crippen molar-refractivity contribution >= 4 is 29.5 Å². The summed E-state index contributed by atoms with van der Waals surface area (Å²) in [5.41, 5.74) is 2.97. The van der Waals surface area contributed by atoms with Crippen LogP contribution in [0, 0.1) is 0 Å². The molecular formula is C23H29ClN4O2. The van der Waals surface area contributed by atoms with E-state index in [0.29, 0.717) is 6.42 Å². The van der Waals surface area contributed by atoms with E-state index in [1.807, 2.05) is 48.5 Å². The number of fused-ring (bicyclic) bond motifs is 1. The number of aromatic nitrogens is 2. The molecule has 4 rings (SSSR count). The molecule has 0 bridgehead atoms. The first-order chi connectivity index (χ1) is 14.2. The molecule has 2 amide bonds. The van der Waals surface area contributed by atoms with Crippen LogP contribution >= 0.6 is 12.4 Å². The van der Waals surface area contributed by atoms with E-state index in [9.17, 15) is 4.79 Å². The average Bonchev–Trinajstić information content (AvgIpc) is 3.19. The normalized spacial score (nSPS) is 15.2. The Bertz CT molecular complexity index is 918. The van der Waals surface area contributed by atoms with Crippen LogP contribution in [0.25, 0.3) is 11.0 Å². The second-order valence-corrected chi connectivity index (χ2v) is 7.70. The molecule has 1 atom stereocenters. The fourth-order valence-electron chi connectivity index (χ4n) is 3.98. The van der Waals surface area contributed by atoms with E-state index < -0.39 is 0 Å². The maximum Gasteiger partial charge on any atom is 0.315 e. The van der Waals surface area contributed by atoms with Gasteiger partial charge in [-0.05, 0) is 49.1 Å². The van der Waals surface area contributed by atoms with Crippen LogP contribution in [0.1, 0.15) is 49.5 Å². The molecule has 1 aliphatic rings. The number of ether oxygens (including phenoxy) is 1. The van der Waals surface area contributed by atoms with Crippen LogP contribution in [-0.2, 0) is 6.42 Å². The lowest BCUT2D eigenvalue weighted by Gasteiger charge is -2.24. The first-order valence-corrected chi connectivity index (χ1v) is 10.4. The van der Waals surface area contributed by atoms with E-state index in [4.69, 9.17) is 9.72 Å². The number of hydrogen-bond donors (Lipinski definition) is 3. The Kier molecular flexibility index (Phi) is 7.57. The molecule has 1 aromatic heterocycles. The minimum absolute atomic E-state index is 0. The van der Waals surface area contributed by atoms with Crippen molar-refractivity contribution in [1.29, 1.82) is 0 Å². The lowest BCUT2D eigenvalue weighted by molar-refractivity contribution is 0.228. The first-order valence-electron chi connectivity index (χ1n) is 10.4. The van der Waals surface area contributed by atoms with Gasteiger partial charge in [0.15, 0.2) is 0 Å². The molecular weight excluding hydrogens is 400 g/mol. The van der Waals surface area contributed by atoms with Gasteiger partial charge in [-0.2, -0.15) is 0 Å². The molecule has 0 spiro atoms. The topological polar surface area (TPSA) is 79.0 Å². The third-order valence-electron chi connectivity index (χ3n) is 5.58. The summed E-state index contributed by atoms with van der Waals surface area (Å²) in [6.45, 7) is 0. The van der Waals surface area contributed by atoms with Gasteiger partial charge in [-0.15, -0.1) is 12.4 Å². The number of nitrogens with zero attached hydrogens (tertiary/aromatic N) is 1. The van der Waals surface area contributed by atoms with Crippen LogP contribution in [0.5, 0.6) is 5.75 Å². The Labute approximate surface area is 183 Å². The van der Waals surface area contributed by atoms with E-state index in [2.05, 4.69) is 15.6 Å². The Morgan fingerprint density at radius 2 is 1.87 bits per heavy atom. The largest absolute Gasteiger partial charge is 0.497 e. The van der Waals surface area contributed by atoms with Gasteiger partial charge >= 0.3 is 6.03 Å². The van der Waals surface area contributed by atoms with E-state index in [-0.39, 0.29) is 30.5 Å². The van der Waals surface area contributed by atoms with Gasteiger partial charge in [-0.1, -0.05) is 43.5 Å². The molecule has 0 unspecified atom stereocenters. The molecule has 0 aliphatic heterocycles. The lowest BCUT2D eigenvalue weighted by Crippen LogP contribution is -2.44. The lowest BCUT2D eigenvalue weighted by atomic mass is 9.96. The number of hydrogen-bond acceptors (Lipinski definition) is 3. The summed E-state index contributed by atoms with van der Waals surface area (Å²) in [6, 6.07) is 15.7. The summed E-state index contributed by atoms with van der Waals surface area (Å²) in [4.78, 5) is 20.8. The number of rotatable bonds is 6. The third-order valence-corrected chi connectivity index (χ3v) is 5.58. The van der Waals surface area contributed by atoms with Crippen LogP contribution in [0.15, 0.2) is 48.5 Å². The summed E-state index contributed by atoms with van der Waals surface area (Å²) in [7, 11) is 1.66. The summed E-state index contributed by atoms with van der Waals surface area (Å²) >= 11 is 0. The molecule has 1 saturated carbocycles. The number of imidazole rings is 1. The number of benzene rings is 2. The number of carbonyl (C=O) groups is 1. The number of urea groups is 1. The van der Waals surface area contributed by atoms with Crippen LogP contribution in [0.3, 0.4) is 0 Å². The van der Waals surface area contributed by atoms with Crippen molar-refractivity contribution in [2.45, 2.75) is 50.6 Å². The first kappa shape index (κ1) is 22.0. The van der Waals surface area contributed by atoms with Crippen LogP contribution in [0.2, 0.25) is 0 Å². The van der Waals surface area contributed by atoms with Gasteiger partial charge in [0.25, 0.3) is 0 Å². The molecule has 3 N–H and O–H groups in total. The predicted molar refractivity (Wildman–Crippen MR) is 121 cm³/mol. The standard InChI is InChI=1S/C23H28N4O2.ClH/c1-29-18-13-11-16(12-14-18)15-21(22-25-19-9-5-6-10-20(19)26-22)27-23(28)24-17-7-3-2-4-8-17;/h5-6,9-14,17,21H,2-4,7-8,15H2,1H3,(H,25,26)(H2,24,27,28);1H/t21-;/m1./s1. The van der Waals surface area contributed by atoms with Crippen molar-refractivity contribution in [3.8, 4) is 5.75 Å². The van der Waals surface area contributed by atoms with Crippen LogP contribution in [-0.4, -0.2) is 29.2 Å². The van der Waals surface area contributed by atoms with Crippen molar-refractivity contribution in [1.82, 2.24) is 20.6 Å². The average molecular weight is 429 g/mol. The fourth-order valence-corrected chi connectivity index (χ4v) is 3.98. The second-order valence-electron chi connectivity index (χ2n) is 7.70. The Balaban J connectivity index is 0.00000256. The minimum atomic E-state index is -0.251. The number of methoxy groups -OCH3 is 1. The highest BCUT2D eigenvalue weighted by atomic mass is 35.5. The number of carbonyl (C=O) groups excluding carboxylic acids is 1. The Hall–Kier alpha value is -2.73. The molecule has 3 aromatic rings. The number of para-hydroxylation sites is 2. The van der Waals surface area contributed by atoms with Crippen molar-refractivity contribution in [2.24, 2.45) is 0 Å². The highest BCUT2D eigenvalue weighted by molar-refractivity contribution is 5.85. The number of nitrogens with one attached hydrogen (secondary N) is 3. The predicted octanol–water partition coefficient (Wildman–Crippen LogP) is 4.91. The molecule has 0 saturated heterocycles. The van der Waals surface area contributed by atoms with E-state index >= 15 is 0 Å². The maximum atomic E-state index is 12.7. The van der Waals surface area contributed by atoms with Crippen molar-refractivity contribution < 1.29 is 9.53 Å². The van der Waals surface area contributed by atoms with Gasteiger partial charge in [0.05, 0.1) is 24.2 Å². The highest BCUT2D eigenvalue weighted by Crippen LogP contribution is 2.22. The second kappa shape index (κ2) is 10.3. The molecule has 1 heterocycles. The van der Waals surface area contributed by atoms with Gasteiger partial charge in [-0.3, -0.25) is 0 Å². The van der Waals surface area contributed by atoms with E-state index in [0.717, 1.165) is 41.0 Å². The Morgan fingerprint density at radius 1 is 1.13 bits per heavy atom. The molecule has 30 heavy (non-hydrogen) atoms. The quantitative estimate of drug-likeness (QED) is 0.522. The maximum absolute atomic E-state index is 12.7. The SMILES string of the molecule is COc1ccc(C[C@@H](NC(=O)NC2CCCCC2)c2nc3ccccc3[nH]2)cc1.Cl. The minimum Gasteiger partial charge on any atom is -0.497 e. The summed E-state index contributed by atoms with van der Waals surface area (Å²) in [5, 5.41) is 6.29.